The minimum atomic E-state index is -2.40. The molecule has 6 aromatic rings. The lowest BCUT2D eigenvalue weighted by molar-refractivity contribution is -0.156. The Kier molecular flexibility index (Phi) is 19.0. The van der Waals surface area contributed by atoms with Crippen LogP contribution in [0.15, 0.2) is 127 Å². The molecule has 0 unspecified atom stereocenters. The SMILES string of the molecule is CNCCC[C@H](NC)C(=O)N(C)[C@@H](Cc1cc(-c2ccc(OCc3ccccc3)c(C[C@H](NC)C(=O)Oc3c(F)c(F)c(F)c(F)c3F)c2)ccc1OCc1ccccc1)C(=O)OCc1ccccc1. The molecule has 0 aliphatic rings. The Hall–Kier alpha value is -7.14. The Labute approximate surface area is 403 Å². The summed E-state index contributed by atoms with van der Waals surface area (Å²) >= 11 is 0. The summed E-state index contributed by atoms with van der Waals surface area (Å²) in [7, 11) is 6.46. The number of hydrogen-bond acceptors (Lipinski definition) is 10. The molecule has 0 aliphatic heterocycles. The van der Waals surface area contributed by atoms with Gasteiger partial charge in [0.15, 0.2) is 0 Å². The number of hydrogen-bond donors (Lipinski definition) is 3. The van der Waals surface area contributed by atoms with Gasteiger partial charge >= 0.3 is 11.9 Å². The Morgan fingerprint density at radius 1 is 0.557 bits per heavy atom. The van der Waals surface area contributed by atoms with E-state index in [1.165, 1.54) is 11.9 Å². The van der Waals surface area contributed by atoms with Crippen LogP contribution in [0.2, 0.25) is 0 Å². The molecule has 6 aromatic carbocycles. The number of esters is 2. The Balaban J connectivity index is 1.39. The van der Waals surface area contributed by atoms with E-state index in [1.807, 2.05) is 104 Å². The Morgan fingerprint density at radius 2 is 1.01 bits per heavy atom. The second-order valence-electron chi connectivity index (χ2n) is 16.4. The molecule has 6 rings (SSSR count). The average molecular weight is 967 g/mol. The fourth-order valence-electron chi connectivity index (χ4n) is 7.64. The zero-order valence-electron chi connectivity index (χ0n) is 39.2. The van der Waals surface area contributed by atoms with Crippen LogP contribution in [0.4, 0.5) is 22.0 Å². The summed E-state index contributed by atoms with van der Waals surface area (Å²) in [5.74, 6) is -14.8. The van der Waals surface area contributed by atoms with Crippen molar-refractivity contribution in [3.63, 3.8) is 0 Å². The number of carbonyl (C=O) groups is 3. The van der Waals surface area contributed by atoms with E-state index in [9.17, 15) is 36.3 Å². The smallest absolute Gasteiger partial charge is 0.329 e. The van der Waals surface area contributed by atoms with Crippen LogP contribution in [-0.2, 0) is 51.8 Å². The fraction of sp³-hybridized carbons (Fsp3) is 0.278. The first-order valence-corrected chi connectivity index (χ1v) is 22.6. The molecule has 0 saturated heterocycles. The molecule has 3 atom stereocenters. The van der Waals surface area contributed by atoms with Crippen LogP contribution in [0.25, 0.3) is 11.1 Å². The predicted octanol–water partition coefficient (Wildman–Crippen LogP) is 8.64. The first kappa shape index (κ1) is 52.2. The minimum absolute atomic E-state index is 0.0303. The van der Waals surface area contributed by atoms with Crippen LogP contribution in [0, 0.1) is 29.1 Å². The highest BCUT2D eigenvalue weighted by atomic mass is 19.2. The van der Waals surface area contributed by atoms with Gasteiger partial charge in [-0.25, -0.2) is 22.8 Å². The maximum atomic E-state index is 14.6. The van der Waals surface area contributed by atoms with Gasteiger partial charge in [-0.15, -0.1) is 0 Å². The summed E-state index contributed by atoms with van der Waals surface area (Å²) in [6.45, 7) is 0.953. The highest BCUT2D eigenvalue weighted by Crippen LogP contribution is 2.34. The van der Waals surface area contributed by atoms with Crippen molar-refractivity contribution < 1.29 is 55.3 Å². The lowest BCUT2D eigenvalue weighted by Gasteiger charge is -2.30. The number of halogens is 5. The summed E-state index contributed by atoms with van der Waals surface area (Å²) in [5, 5.41) is 8.91. The van der Waals surface area contributed by atoms with E-state index in [4.69, 9.17) is 18.9 Å². The third-order valence-corrected chi connectivity index (χ3v) is 11.6. The maximum Gasteiger partial charge on any atom is 0.329 e. The number of ether oxygens (including phenoxy) is 4. The molecule has 3 N–H and O–H groups in total. The van der Waals surface area contributed by atoms with Crippen molar-refractivity contribution in [3.05, 3.63) is 184 Å². The number of amides is 1. The van der Waals surface area contributed by atoms with Gasteiger partial charge in [-0.3, -0.25) is 4.79 Å². The molecular formula is C54H55F5N4O7. The molecule has 0 spiro atoms. The standard InChI is InChI=1S/C54H55F5N4O7/c1-60-26-14-21-41(61-2)52(64)63(4)43(54(66)69-33-36-19-12-7-13-20-36)30-40-28-38(23-25-45(40)68-32-35-17-10-6-11-18-35)37-22-24-44(67-31-34-15-8-5-9-16-34)39(27-37)29-42(62-3)53(65)70-51-49(58)47(56)46(55)48(57)50(51)59/h5-13,15-20,22-25,27-28,41-43,60-62H,14,21,26,29-33H2,1-4H3/t41-,42-,43-/m0/s1. The monoisotopic (exact) mass is 966 g/mol. The van der Waals surface area contributed by atoms with E-state index in [0.29, 0.717) is 53.1 Å². The van der Waals surface area contributed by atoms with Crippen LogP contribution in [-0.4, -0.2) is 75.6 Å². The molecule has 0 aliphatic carbocycles. The van der Waals surface area contributed by atoms with Gasteiger partial charge in [0.1, 0.15) is 43.4 Å². The average Bonchev–Trinajstić information content (AvgIpc) is 3.39. The first-order chi connectivity index (χ1) is 33.8. The van der Waals surface area contributed by atoms with Gasteiger partial charge in [0.05, 0.1) is 6.04 Å². The van der Waals surface area contributed by atoms with Crippen molar-refractivity contribution in [1.82, 2.24) is 20.9 Å². The number of carbonyl (C=O) groups excluding carboxylic acids is 3. The topological polar surface area (TPSA) is 127 Å². The van der Waals surface area contributed by atoms with Crippen molar-refractivity contribution in [3.8, 4) is 28.4 Å². The molecule has 368 valence electrons. The van der Waals surface area contributed by atoms with Gasteiger partial charge in [0.25, 0.3) is 0 Å². The highest BCUT2D eigenvalue weighted by molar-refractivity contribution is 5.88. The molecule has 1 amide bonds. The summed E-state index contributed by atoms with van der Waals surface area (Å²) in [5.41, 5.74) is 4.63. The van der Waals surface area contributed by atoms with E-state index in [0.717, 1.165) is 16.7 Å². The number of nitrogens with one attached hydrogen (secondary N) is 3. The van der Waals surface area contributed by atoms with Gasteiger partial charge in [-0.05, 0) is 104 Å². The summed E-state index contributed by atoms with van der Waals surface area (Å²) in [6, 6.07) is 35.4. The molecule has 11 nitrogen and oxygen atoms in total. The molecular weight excluding hydrogens is 912 g/mol. The first-order valence-electron chi connectivity index (χ1n) is 22.6. The third-order valence-electron chi connectivity index (χ3n) is 11.6. The van der Waals surface area contributed by atoms with Gasteiger partial charge in [-0.1, -0.05) is 103 Å². The summed E-state index contributed by atoms with van der Waals surface area (Å²) in [6.07, 6.45) is 0.933. The lowest BCUT2D eigenvalue weighted by Crippen LogP contribution is -2.51. The van der Waals surface area contributed by atoms with E-state index >= 15 is 0 Å². The van der Waals surface area contributed by atoms with E-state index in [-0.39, 0.29) is 38.6 Å². The van der Waals surface area contributed by atoms with Gasteiger partial charge in [0.2, 0.25) is 40.7 Å². The summed E-state index contributed by atoms with van der Waals surface area (Å²) in [4.78, 5) is 43.3. The van der Waals surface area contributed by atoms with Crippen LogP contribution in [0.1, 0.15) is 40.7 Å². The number of rotatable bonds is 24. The predicted molar refractivity (Wildman–Crippen MR) is 254 cm³/mol. The van der Waals surface area contributed by atoms with E-state index in [1.54, 1.807) is 44.4 Å². The van der Waals surface area contributed by atoms with Crippen molar-refractivity contribution >= 4 is 17.8 Å². The highest BCUT2D eigenvalue weighted by Gasteiger charge is 2.34. The fourth-order valence-corrected chi connectivity index (χ4v) is 7.64. The van der Waals surface area contributed by atoms with Gasteiger partial charge in [-0.2, -0.15) is 8.78 Å². The number of benzene rings is 6. The third kappa shape index (κ3) is 13.6. The maximum absolute atomic E-state index is 14.6. The second-order valence-corrected chi connectivity index (χ2v) is 16.4. The zero-order valence-corrected chi connectivity index (χ0v) is 39.2. The van der Waals surface area contributed by atoms with Crippen molar-refractivity contribution in [2.45, 2.75) is 63.6 Å². The Bertz CT molecular complexity index is 2670. The van der Waals surface area contributed by atoms with Crippen LogP contribution in [0.5, 0.6) is 17.2 Å². The number of likely N-dealkylation sites (N-methyl/N-ethyl adjacent to an activating group) is 3. The van der Waals surface area contributed by atoms with Crippen molar-refractivity contribution in [1.29, 1.82) is 0 Å². The molecule has 0 saturated carbocycles. The Morgan fingerprint density at radius 3 is 1.49 bits per heavy atom. The van der Waals surface area contributed by atoms with Crippen LogP contribution in [0.3, 0.4) is 0 Å². The molecule has 0 fully saturated rings. The molecule has 0 radical (unpaired) electrons. The minimum Gasteiger partial charge on any atom is -0.489 e. The van der Waals surface area contributed by atoms with E-state index < -0.39 is 64.9 Å². The van der Waals surface area contributed by atoms with Crippen LogP contribution >= 0.6 is 0 Å². The zero-order chi connectivity index (χ0) is 50.2. The summed E-state index contributed by atoms with van der Waals surface area (Å²) < 4.78 is 94.7. The lowest BCUT2D eigenvalue weighted by atomic mass is 9.95. The molecule has 16 heteroatoms. The van der Waals surface area contributed by atoms with Gasteiger partial charge in [0, 0.05) is 19.9 Å². The largest absolute Gasteiger partial charge is 0.489 e. The molecule has 0 heterocycles. The normalized spacial score (nSPS) is 12.4. The molecule has 0 aromatic heterocycles. The van der Waals surface area contributed by atoms with Crippen molar-refractivity contribution in [2.75, 3.05) is 34.7 Å². The quantitative estimate of drug-likeness (QED) is 0.0136. The van der Waals surface area contributed by atoms with E-state index in [2.05, 4.69) is 16.0 Å². The molecule has 70 heavy (non-hydrogen) atoms. The molecule has 0 bridgehead atoms. The van der Waals surface area contributed by atoms with Crippen molar-refractivity contribution in [2.24, 2.45) is 0 Å². The second kappa shape index (κ2) is 25.5. The number of nitrogens with zero attached hydrogens (tertiary/aromatic N) is 1. The van der Waals surface area contributed by atoms with Gasteiger partial charge < -0.3 is 39.8 Å². The van der Waals surface area contributed by atoms with Crippen LogP contribution < -0.4 is 30.2 Å².